The molecular weight excluding hydrogens is 352 g/mol. The molecule has 152 valence electrons. The molecule has 6 nitrogen and oxygen atoms in total. The van der Waals surface area contributed by atoms with Crippen LogP contribution in [0.5, 0.6) is 0 Å². The van der Waals surface area contributed by atoms with Gasteiger partial charge >= 0.3 is 0 Å². The number of ether oxygens (including phenoxy) is 1. The van der Waals surface area contributed by atoms with Gasteiger partial charge in [0.25, 0.3) is 0 Å². The van der Waals surface area contributed by atoms with E-state index in [2.05, 4.69) is 46.9 Å². The number of aryl methyl sites for hydroxylation is 2. The number of rotatable bonds is 8. The number of carbonyl (C=O) groups excluding carboxylic acids is 1. The molecule has 1 amide bonds. The number of benzene rings is 1. The highest BCUT2D eigenvalue weighted by molar-refractivity contribution is 5.83. The van der Waals surface area contributed by atoms with Crippen molar-refractivity contribution < 1.29 is 9.53 Å². The fourth-order valence-electron chi connectivity index (χ4n) is 4.42. The van der Waals surface area contributed by atoms with Gasteiger partial charge in [-0.15, -0.1) is 0 Å². The molecule has 1 aromatic carbocycles. The van der Waals surface area contributed by atoms with Gasteiger partial charge in [0.15, 0.2) is 0 Å². The average Bonchev–Trinajstić information content (AvgIpc) is 3.26. The van der Waals surface area contributed by atoms with Gasteiger partial charge in [0.2, 0.25) is 5.91 Å². The van der Waals surface area contributed by atoms with Crippen LogP contribution in [0.3, 0.4) is 0 Å². The number of aromatic nitrogens is 2. The van der Waals surface area contributed by atoms with Crippen molar-refractivity contribution in [2.75, 3.05) is 26.8 Å². The normalized spacial score (nSPS) is 20.6. The molecule has 0 radical (unpaired) electrons. The molecular formula is C22H32N4O2. The van der Waals surface area contributed by atoms with Crippen LogP contribution in [0.4, 0.5) is 0 Å². The highest BCUT2D eigenvalue weighted by Crippen LogP contribution is 2.37. The molecule has 1 N–H and O–H groups in total. The predicted molar refractivity (Wildman–Crippen MR) is 110 cm³/mol. The Labute approximate surface area is 167 Å². The highest BCUT2D eigenvalue weighted by atomic mass is 16.5. The first kappa shape index (κ1) is 19.4. The van der Waals surface area contributed by atoms with Crippen molar-refractivity contribution in [3.8, 4) is 0 Å². The van der Waals surface area contributed by atoms with Gasteiger partial charge in [-0.3, -0.25) is 9.48 Å². The molecule has 2 heterocycles. The van der Waals surface area contributed by atoms with Crippen molar-refractivity contribution in [3.05, 3.63) is 29.5 Å². The van der Waals surface area contributed by atoms with Gasteiger partial charge in [-0.05, 0) is 57.7 Å². The molecule has 6 heteroatoms. The highest BCUT2D eigenvalue weighted by Gasteiger charge is 2.39. The van der Waals surface area contributed by atoms with E-state index in [-0.39, 0.29) is 12.0 Å². The number of methoxy groups -OCH3 is 1. The van der Waals surface area contributed by atoms with Gasteiger partial charge in [-0.1, -0.05) is 12.1 Å². The molecule has 1 aromatic heterocycles. The van der Waals surface area contributed by atoms with E-state index in [1.165, 1.54) is 10.9 Å². The third-order valence-corrected chi connectivity index (χ3v) is 6.18. The molecule has 4 rings (SSSR count). The fourth-order valence-corrected chi connectivity index (χ4v) is 4.42. The summed E-state index contributed by atoms with van der Waals surface area (Å²) in [7, 11) is 1.73. The zero-order valence-corrected chi connectivity index (χ0v) is 17.3. The Balaban J connectivity index is 1.61. The molecule has 2 fully saturated rings. The number of hydrogen-bond donors (Lipinski definition) is 1. The maximum atomic E-state index is 13.2. The number of hydrogen-bond acceptors (Lipinski definition) is 4. The smallest absolute Gasteiger partial charge is 0.227 e. The van der Waals surface area contributed by atoms with E-state index >= 15 is 0 Å². The molecule has 2 unspecified atom stereocenters. The molecule has 1 saturated heterocycles. The summed E-state index contributed by atoms with van der Waals surface area (Å²) in [5.41, 5.74) is 3.41. The van der Waals surface area contributed by atoms with E-state index in [4.69, 9.17) is 9.84 Å². The van der Waals surface area contributed by atoms with Crippen LogP contribution >= 0.6 is 0 Å². The van der Waals surface area contributed by atoms with Gasteiger partial charge in [-0.2, -0.15) is 5.10 Å². The van der Waals surface area contributed by atoms with Crippen LogP contribution in [0.25, 0.3) is 10.9 Å². The molecule has 2 atom stereocenters. The Hall–Kier alpha value is -1.92. The second kappa shape index (κ2) is 8.21. The molecule has 1 aliphatic carbocycles. The van der Waals surface area contributed by atoms with Crippen LogP contribution in [-0.4, -0.2) is 53.4 Å². The van der Waals surface area contributed by atoms with Crippen molar-refractivity contribution in [3.63, 3.8) is 0 Å². The molecule has 2 aromatic rings. The lowest BCUT2D eigenvalue weighted by Gasteiger charge is -2.32. The van der Waals surface area contributed by atoms with Crippen LogP contribution in [0.2, 0.25) is 0 Å². The third kappa shape index (κ3) is 3.80. The van der Waals surface area contributed by atoms with Crippen molar-refractivity contribution in [2.45, 2.75) is 58.2 Å². The van der Waals surface area contributed by atoms with E-state index < -0.39 is 0 Å². The number of nitrogens with zero attached hydrogens (tertiary/aromatic N) is 3. The Morgan fingerprint density at radius 3 is 2.89 bits per heavy atom. The lowest BCUT2D eigenvalue weighted by molar-refractivity contribution is -0.137. The molecule has 0 bridgehead atoms. The van der Waals surface area contributed by atoms with E-state index in [9.17, 15) is 4.79 Å². The van der Waals surface area contributed by atoms with E-state index in [0.29, 0.717) is 11.9 Å². The zero-order chi connectivity index (χ0) is 19.7. The van der Waals surface area contributed by atoms with Gasteiger partial charge in [-0.25, -0.2) is 0 Å². The van der Waals surface area contributed by atoms with E-state index in [1.54, 1.807) is 7.11 Å². The summed E-state index contributed by atoms with van der Waals surface area (Å²) < 4.78 is 7.28. The van der Waals surface area contributed by atoms with Crippen LogP contribution < -0.4 is 5.32 Å². The second-order valence-corrected chi connectivity index (χ2v) is 8.27. The molecule has 0 spiro atoms. The van der Waals surface area contributed by atoms with Crippen LogP contribution in [0, 0.1) is 12.8 Å². The van der Waals surface area contributed by atoms with Gasteiger partial charge in [0.1, 0.15) is 0 Å². The van der Waals surface area contributed by atoms with E-state index in [0.717, 1.165) is 63.1 Å². The van der Waals surface area contributed by atoms with Crippen LogP contribution in [0.15, 0.2) is 18.2 Å². The number of carbonyl (C=O) groups is 1. The maximum Gasteiger partial charge on any atom is 0.227 e. The standard InChI is InChI=1S/C22H32N4O2/c1-15-20-8-5-17(13-21(20)25(24-15)11-4-12-28-3)16(2)26(19-6-7-19)22(27)18-9-10-23-14-18/h5,8,13,16,18-19,23H,4,6-7,9-12,14H2,1-3H3. The minimum absolute atomic E-state index is 0.0904. The van der Waals surface area contributed by atoms with Crippen molar-refractivity contribution in [1.82, 2.24) is 20.0 Å². The maximum absolute atomic E-state index is 13.2. The number of nitrogens with one attached hydrogen (secondary N) is 1. The number of amides is 1. The summed E-state index contributed by atoms with van der Waals surface area (Å²) in [6.45, 7) is 7.59. The lowest BCUT2D eigenvalue weighted by atomic mass is 10.0. The van der Waals surface area contributed by atoms with Crippen molar-refractivity contribution in [2.24, 2.45) is 5.92 Å². The first-order valence-corrected chi connectivity index (χ1v) is 10.6. The quantitative estimate of drug-likeness (QED) is 0.711. The monoisotopic (exact) mass is 384 g/mol. The third-order valence-electron chi connectivity index (χ3n) is 6.18. The second-order valence-electron chi connectivity index (χ2n) is 8.27. The Morgan fingerprint density at radius 2 is 2.21 bits per heavy atom. The topological polar surface area (TPSA) is 59.4 Å². The fraction of sp³-hybridized carbons (Fsp3) is 0.636. The molecule has 2 aliphatic rings. The van der Waals surface area contributed by atoms with Gasteiger partial charge < -0.3 is 15.0 Å². The van der Waals surface area contributed by atoms with Gasteiger partial charge in [0.05, 0.1) is 23.2 Å². The molecule has 1 aliphatic heterocycles. The summed E-state index contributed by atoms with van der Waals surface area (Å²) in [5.74, 6) is 0.457. The zero-order valence-electron chi connectivity index (χ0n) is 17.3. The Bertz CT molecular complexity index is 836. The van der Waals surface area contributed by atoms with Crippen LogP contribution in [-0.2, 0) is 16.1 Å². The first-order chi connectivity index (χ1) is 13.6. The van der Waals surface area contributed by atoms with E-state index in [1.807, 2.05) is 0 Å². The summed E-state index contributed by atoms with van der Waals surface area (Å²) in [6.07, 6.45) is 4.16. The SMILES string of the molecule is COCCCn1nc(C)c2ccc(C(C)N(C(=O)C3CCNC3)C3CC3)cc21. The van der Waals surface area contributed by atoms with Gasteiger partial charge in [0, 0.05) is 38.2 Å². The minimum atomic E-state index is 0.0904. The Morgan fingerprint density at radius 1 is 1.39 bits per heavy atom. The summed E-state index contributed by atoms with van der Waals surface area (Å²) in [5, 5.41) is 9.25. The molecule has 28 heavy (non-hydrogen) atoms. The summed E-state index contributed by atoms with van der Waals surface area (Å²) in [6, 6.07) is 7.09. The Kier molecular flexibility index (Phi) is 5.69. The first-order valence-electron chi connectivity index (χ1n) is 10.6. The summed E-state index contributed by atoms with van der Waals surface area (Å²) >= 11 is 0. The lowest BCUT2D eigenvalue weighted by Crippen LogP contribution is -2.40. The van der Waals surface area contributed by atoms with Crippen LogP contribution in [0.1, 0.15) is 49.9 Å². The van der Waals surface area contributed by atoms with Crippen molar-refractivity contribution in [1.29, 1.82) is 0 Å². The predicted octanol–water partition coefficient (Wildman–Crippen LogP) is 3.04. The number of fused-ring (bicyclic) bond motifs is 1. The minimum Gasteiger partial charge on any atom is -0.385 e. The molecule has 1 saturated carbocycles. The average molecular weight is 385 g/mol. The summed E-state index contributed by atoms with van der Waals surface area (Å²) in [4.78, 5) is 15.4. The largest absolute Gasteiger partial charge is 0.385 e. The van der Waals surface area contributed by atoms with Crippen molar-refractivity contribution >= 4 is 16.8 Å².